The molecular weight excluding hydrogens is 280 g/mol. The summed E-state index contributed by atoms with van der Waals surface area (Å²) in [7, 11) is -3.55. The van der Waals surface area contributed by atoms with Gasteiger partial charge in [0, 0.05) is 18.1 Å². The van der Waals surface area contributed by atoms with E-state index in [-0.39, 0.29) is 18.2 Å². The molecule has 0 fully saturated rings. The highest BCUT2D eigenvalue weighted by Crippen LogP contribution is 2.11. The smallest absolute Gasteiger partial charge is 0.246 e. The highest BCUT2D eigenvalue weighted by Gasteiger charge is 2.06. The molecule has 2 rings (SSSR count). The molecule has 0 aliphatic carbocycles. The van der Waals surface area contributed by atoms with Crippen LogP contribution in [-0.4, -0.2) is 24.1 Å². The van der Waals surface area contributed by atoms with Crippen LogP contribution in [0.5, 0.6) is 0 Å². The van der Waals surface area contributed by atoms with Gasteiger partial charge in [-0.15, -0.1) is 0 Å². The molecule has 1 amide bonds. The second kappa shape index (κ2) is 5.85. The summed E-state index contributed by atoms with van der Waals surface area (Å²) in [4.78, 5) is 11.7. The van der Waals surface area contributed by atoms with Gasteiger partial charge < -0.3 is 5.32 Å². The van der Waals surface area contributed by atoms with Crippen LogP contribution in [0.1, 0.15) is 5.56 Å². The summed E-state index contributed by atoms with van der Waals surface area (Å²) in [5.74, 6) is -0.443. The first kappa shape index (κ1) is 14.2. The molecule has 0 aliphatic heterocycles. The van der Waals surface area contributed by atoms with E-state index >= 15 is 0 Å². The van der Waals surface area contributed by atoms with E-state index in [9.17, 15) is 13.2 Å². The second-order valence-electron chi connectivity index (χ2n) is 4.26. The van der Waals surface area contributed by atoms with E-state index in [0.717, 1.165) is 0 Å². The van der Waals surface area contributed by atoms with Crippen molar-refractivity contribution >= 4 is 21.6 Å². The highest BCUT2D eigenvalue weighted by molar-refractivity contribution is 7.88. The van der Waals surface area contributed by atoms with Crippen molar-refractivity contribution in [1.29, 1.82) is 0 Å². The Hall–Kier alpha value is -2.19. The summed E-state index contributed by atoms with van der Waals surface area (Å²) in [6.45, 7) is 0.117. The molecule has 0 spiro atoms. The van der Waals surface area contributed by atoms with Gasteiger partial charge in [-0.1, -0.05) is 12.1 Å². The fourth-order valence-electron chi connectivity index (χ4n) is 1.66. The van der Waals surface area contributed by atoms with Gasteiger partial charge in [-0.05, 0) is 23.8 Å². The van der Waals surface area contributed by atoms with Gasteiger partial charge in [-0.2, -0.15) is 5.10 Å². The number of rotatable bonds is 5. The van der Waals surface area contributed by atoms with E-state index in [2.05, 4.69) is 10.4 Å². The van der Waals surface area contributed by atoms with Gasteiger partial charge in [-0.3, -0.25) is 9.48 Å². The molecule has 0 unspecified atom stereocenters. The third-order valence-corrected chi connectivity index (χ3v) is 3.21. The molecule has 0 saturated heterocycles. The maximum absolute atomic E-state index is 11.7. The van der Waals surface area contributed by atoms with E-state index in [1.165, 1.54) is 4.68 Å². The van der Waals surface area contributed by atoms with Gasteiger partial charge in [0.05, 0.1) is 5.75 Å². The lowest BCUT2D eigenvalue weighted by Gasteiger charge is -2.06. The topological polar surface area (TPSA) is 107 Å². The Morgan fingerprint density at radius 2 is 2.00 bits per heavy atom. The Balaban J connectivity index is 1.95. The SMILES string of the molecule is NS(=O)(=O)Cc1ccc(NC(=O)Cn2cccn2)cc1. The summed E-state index contributed by atoms with van der Waals surface area (Å²) < 4.78 is 23.4. The molecule has 0 atom stereocenters. The van der Waals surface area contributed by atoms with Crippen molar-refractivity contribution in [3.05, 3.63) is 48.3 Å². The third kappa shape index (κ3) is 4.48. The van der Waals surface area contributed by atoms with Crippen LogP contribution in [0.25, 0.3) is 0 Å². The minimum absolute atomic E-state index is 0.117. The maximum Gasteiger partial charge on any atom is 0.246 e. The first-order chi connectivity index (χ1) is 9.42. The van der Waals surface area contributed by atoms with Gasteiger partial charge in [0.15, 0.2) is 0 Å². The summed E-state index contributed by atoms with van der Waals surface area (Å²) >= 11 is 0. The van der Waals surface area contributed by atoms with E-state index in [0.29, 0.717) is 11.3 Å². The van der Waals surface area contributed by atoms with Crippen molar-refractivity contribution in [3.8, 4) is 0 Å². The average Bonchev–Trinajstić information content (AvgIpc) is 2.82. The average molecular weight is 294 g/mol. The predicted octanol–water partition coefficient (Wildman–Crippen LogP) is 0.310. The van der Waals surface area contributed by atoms with E-state index in [1.54, 1.807) is 42.7 Å². The Labute approximate surface area is 116 Å². The van der Waals surface area contributed by atoms with Crippen molar-refractivity contribution < 1.29 is 13.2 Å². The van der Waals surface area contributed by atoms with Crippen LogP contribution in [0.3, 0.4) is 0 Å². The normalized spacial score (nSPS) is 11.2. The molecular formula is C12H14N4O3S. The van der Waals surface area contributed by atoms with Crippen molar-refractivity contribution in [1.82, 2.24) is 9.78 Å². The number of carbonyl (C=O) groups excluding carboxylic acids is 1. The Morgan fingerprint density at radius 1 is 1.30 bits per heavy atom. The predicted molar refractivity (Wildman–Crippen MR) is 74.1 cm³/mol. The molecule has 0 saturated carbocycles. The molecule has 106 valence electrons. The third-order valence-electron chi connectivity index (χ3n) is 2.47. The zero-order valence-corrected chi connectivity index (χ0v) is 11.4. The first-order valence-electron chi connectivity index (χ1n) is 5.79. The van der Waals surface area contributed by atoms with Crippen molar-refractivity contribution in [3.63, 3.8) is 0 Å². The lowest BCUT2D eigenvalue weighted by molar-refractivity contribution is -0.116. The van der Waals surface area contributed by atoms with E-state index < -0.39 is 10.0 Å². The zero-order chi connectivity index (χ0) is 14.6. The molecule has 0 bridgehead atoms. The molecule has 20 heavy (non-hydrogen) atoms. The molecule has 0 radical (unpaired) electrons. The number of nitrogens with one attached hydrogen (secondary N) is 1. The van der Waals surface area contributed by atoms with Gasteiger partial charge in [0.1, 0.15) is 6.54 Å². The fraction of sp³-hybridized carbons (Fsp3) is 0.167. The van der Waals surface area contributed by atoms with E-state index in [4.69, 9.17) is 5.14 Å². The lowest BCUT2D eigenvalue weighted by Crippen LogP contribution is -2.19. The quantitative estimate of drug-likeness (QED) is 0.827. The maximum atomic E-state index is 11.7. The molecule has 2 aromatic rings. The molecule has 8 heteroatoms. The molecule has 0 aliphatic rings. The van der Waals surface area contributed by atoms with Crippen LogP contribution in [0, 0.1) is 0 Å². The fourth-order valence-corrected chi connectivity index (χ4v) is 2.32. The Kier molecular flexibility index (Phi) is 4.16. The van der Waals surface area contributed by atoms with Crippen LogP contribution >= 0.6 is 0 Å². The molecule has 1 aromatic carbocycles. The van der Waals surface area contributed by atoms with Crippen LogP contribution in [0.2, 0.25) is 0 Å². The number of nitrogens with zero attached hydrogens (tertiary/aromatic N) is 2. The molecule has 1 heterocycles. The number of anilines is 1. The highest BCUT2D eigenvalue weighted by atomic mass is 32.2. The number of hydrogen-bond acceptors (Lipinski definition) is 4. The monoisotopic (exact) mass is 294 g/mol. The van der Waals surface area contributed by atoms with Gasteiger partial charge in [0.2, 0.25) is 15.9 Å². The van der Waals surface area contributed by atoms with E-state index in [1.807, 2.05) is 0 Å². The minimum atomic E-state index is -3.55. The van der Waals surface area contributed by atoms with Crippen molar-refractivity contribution in [2.75, 3.05) is 5.32 Å². The van der Waals surface area contributed by atoms with Crippen LogP contribution < -0.4 is 10.5 Å². The number of amides is 1. The summed E-state index contributed by atoms with van der Waals surface area (Å²) in [6, 6.07) is 8.19. The number of aromatic nitrogens is 2. The van der Waals surface area contributed by atoms with Crippen LogP contribution in [0.4, 0.5) is 5.69 Å². The van der Waals surface area contributed by atoms with Gasteiger partial charge >= 0.3 is 0 Å². The van der Waals surface area contributed by atoms with Gasteiger partial charge in [0.25, 0.3) is 0 Å². The summed E-state index contributed by atoms with van der Waals surface area (Å²) in [6.07, 6.45) is 3.28. The minimum Gasteiger partial charge on any atom is -0.324 e. The molecule has 1 aromatic heterocycles. The number of sulfonamides is 1. The van der Waals surface area contributed by atoms with Gasteiger partial charge in [-0.25, -0.2) is 13.6 Å². The largest absolute Gasteiger partial charge is 0.324 e. The van der Waals surface area contributed by atoms with Crippen LogP contribution in [0.15, 0.2) is 42.7 Å². The zero-order valence-electron chi connectivity index (χ0n) is 10.6. The number of nitrogens with two attached hydrogens (primary N) is 1. The van der Waals surface area contributed by atoms with Crippen molar-refractivity contribution in [2.45, 2.75) is 12.3 Å². The number of benzene rings is 1. The molecule has 7 nitrogen and oxygen atoms in total. The Bertz CT molecular complexity index is 678. The standard InChI is InChI=1S/C12H14N4O3S/c13-20(18,19)9-10-2-4-11(5-3-10)15-12(17)8-16-7-1-6-14-16/h1-7H,8-9H2,(H,15,17)(H2,13,18,19). The number of hydrogen-bond donors (Lipinski definition) is 2. The Morgan fingerprint density at radius 3 is 2.55 bits per heavy atom. The number of carbonyl (C=O) groups is 1. The number of primary sulfonamides is 1. The summed E-state index contributed by atoms with van der Waals surface area (Å²) in [5.41, 5.74) is 1.15. The lowest BCUT2D eigenvalue weighted by atomic mass is 10.2. The second-order valence-corrected chi connectivity index (χ2v) is 5.87. The molecule has 3 N–H and O–H groups in total. The van der Waals surface area contributed by atoms with Crippen molar-refractivity contribution in [2.24, 2.45) is 5.14 Å². The van der Waals surface area contributed by atoms with Crippen LogP contribution in [-0.2, 0) is 27.1 Å². The first-order valence-corrected chi connectivity index (χ1v) is 7.51. The summed E-state index contributed by atoms with van der Waals surface area (Å²) in [5, 5.41) is 11.6.